The van der Waals surface area contributed by atoms with Gasteiger partial charge in [0.15, 0.2) is 0 Å². The fourth-order valence-corrected chi connectivity index (χ4v) is 4.12. The highest BCUT2D eigenvalue weighted by Crippen LogP contribution is 2.34. The number of rotatable bonds is 11. The number of aliphatic carboxylic acids is 1. The van der Waals surface area contributed by atoms with Crippen molar-refractivity contribution in [2.24, 2.45) is 13.0 Å². The van der Waals surface area contributed by atoms with Crippen molar-refractivity contribution in [3.8, 4) is 11.3 Å². The zero-order valence-corrected chi connectivity index (χ0v) is 20.1. The van der Waals surface area contributed by atoms with Crippen molar-refractivity contribution in [3.05, 3.63) is 72.1 Å². The highest BCUT2D eigenvalue weighted by molar-refractivity contribution is 5.89. The molecule has 1 amide bonds. The van der Waals surface area contributed by atoms with E-state index in [9.17, 15) is 14.7 Å². The largest absolute Gasteiger partial charge is 0.481 e. The molecule has 2 unspecified atom stereocenters. The van der Waals surface area contributed by atoms with Gasteiger partial charge in [0.25, 0.3) is 0 Å². The molecule has 2 atom stereocenters. The Kier molecular flexibility index (Phi) is 7.82. The Morgan fingerprint density at radius 3 is 2.51 bits per heavy atom. The van der Waals surface area contributed by atoms with Gasteiger partial charge in [-0.25, -0.2) is 9.78 Å². The first-order valence-corrected chi connectivity index (χ1v) is 12.0. The average molecular weight is 477 g/mol. The van der Waals surface area contributed by atoms with Crippen molar-refractivity contribution in [2.75, 3.05) is 5.32 Å². The zero-order chi connectivity index (χ0) is 24.8. The molecular weight excluding hydrogens is 444 g/mol. The number of hydrogen-bond acceptors (Lipinski definition) is 5. The topological polar surface area (TPSA) is 105 Å². The molecule has 0 saturated heterocycles. The van der Waals surface area contributed by atoms with E-state index in [4.69, 9.17) is 4.74 Å². The third-order valence-electron chi connectivity index (χ3n) is 6.27. The van der Waals surface area contributed by atoms with Crippen molar-refractivity contribution in [3.63, 3.8) is 0 Å². The maximum atomic E-state index is 12.6. The minimum atomic E-state index is -0.773. The molecule has 8 nitrogen and oxygen atoms in total. The van der Waals surface area contributed by atoms with Gasteiger partial charge in [-0.1, -0.05) is 67.4 Å². The number of amides is 1. The van der Waals surface area contributed by atoms with E-state index in [1.165, 1.54) is 12.8 Å². The second-order valence-electron chi connectivity index (χ2n) is 9.19. The first-order valence-electron chi connectivity index (χ1n) is 12.0. The Bertz CT molecular complexity index is 1140. The summed E-state index contributed by atoms with van der Waals surface area (Å²) in [5, 5.41) is 15.4. The van der Waals surface area contributed by atoms with Crippen LogP contribution in [0.3, 0.4) is 0 Å². The van der Waals surface area contributed by atoms with Crippen LogP contribution in [0.25, 0.3) is 11.3 Å². The highest BCUT2D eigenvalue weighted by Gasteiger charge is 2.26. The summed E-state index contributed by atoms with van der Waals surface area (Å²) in [6.45, 7) is 2.43. The molecule has 2 aromatic carbocycles. The van der Waals surface area contributed by atoms with Crippen molar-refractivity contribution in [1.29, 1.82) is 0 Å². The van der Waals surface area contributed by atoms with E-state index in [-0.39, 0.29) is 18.6 Å². The van der Waals surface area contributed by atoms with Gasteiger partial charge in [0.05, 0.1) is 12.7 Å². The second-order valence-corrected chi connectivity index (χ2v) is 9.19. The van der Waals surface area contributed by atoms with Crippen LogP contribution in [0.4, 0.5) is 10.6 Å². The number of aryl methyl sites for hydroxylation is 1. The molecule has 35 heavy (non-hydrogen) atoms. The molecule has 3 aromatic rings. The number of carbonyl (C=O) groups is 2. The number of anilines is 1. The Labute approximate surface area is 205 Å². The lowest BCUT2D eigenvalue weighted by molar-refractivity contribution is -0.137. The van der Waals surface area contributed by atoms with Gasteiger partial charge in [0.2, 0.25) is 0 Å². The van der Waals surface area contributed by atoms with Crippen LogP contribution in [0.1, 0.15) is 49.8 Å². The number of carbonyl (C=O) groups excluding carboxylic acids is 1. The number of imidazole rings is 1. The highest BCUT2D eigenvalue weighted by atomic mass is 16.6. The molecule has 0 spiro atoms. The van der Waals surface area contributed by atoms with Crippen molar-refractivity contribution in [1.82, 2.24) is 14.9 Å². The number of nitrogens with one attached hydrogen (secondary N) is 2. The van der Waals surface area contributed by atoms with Crippen LogP contribution in [-0.2, 0) is 23.1 Å². The van der Waals surface area contributed by atoms with Crippen LogP contribution in [-0.4, -0.2) is 32.8 Å². The van der Waals surface area contributed by atoms with Gasteiger partial charge in [0.1, 0.15) is 17.6 Å². The van der Waals surface area contributed by atoms with Gasteiger partial charge in [-0.3, -0.25) is 10.1 Å². The minimum absolute atomic E-state index is 0.0180. The first kappa shape index (κ1) is 24.5. The molecule has 4 rings (SSSR count). The van der Waals surface area contributed by atoms with E-state index < -0.39 is 12.1 Å². The van der Waals surface area contributed by atoms with E-state index >= 15 is 0 Å². The Morgan fingerprint density at radius 1 is 1.14 bits per heavy atom. The number of hydrogen-bond donors (Lipinski definition) is 3. The number of aromatic nitrogens is 2. The summed E-state index contributed by atoms with van der Waals surface area (Å²) in [6, 6.07) is 17.4. The fraction of sp³-hybridized carbons (Fsp3) is 0.370. The number of nitrogens with zero attached hydrogens (tertiary/aromatic N) is 2. The summed E-state index contributed by atoms with van der Waals surface area (Å²) in [5.41, 5.74) is 3.48. The third-order valence-corrected chi connectivity index (χ3v) is 6.27. The molecule has 1 fully saturated rings. The summed E-state index contributed by atoms with van der Waals surface area (Å²) in [5.74, 6) is 0.434. The van der Waals surface area contributed by atoms with Crippen molar-refractivity contribution < 1.29 is 19.4 Å². The number of ether oxygens (including phenoxy) is 1. The lowest BCUT2D eigenvalue weighted by Crippen LogP contribution is -2.31. The van der Waals surface area contributed by atoms with E-state index in [1.54, 1.807) is 10.9 Å². The predicted molar refractivity (Wildman–Crippen MR) is 134 cm³/mol. The quantitative estimate of drug-likeness (QED) is 0.354. The van der Waals surface area contributed by atoms with Crippen molar-refractivity contribution >= 4 is 17.9 Å². The molecular formula is C27H32N4O4. The molecule has 0 radical (unpaired) electrons. The summed E-state index contributed by atoms with van der Waals surface area (Å²) in [6.07, 6.45) is 4.16. The Balaban J connectivity index is 1.38. The molecule has 0 aliphatic heterocycles. The van der Waals surface area contributed by atoms with Crippen LogP contribution >= 0.6 is 0 Å². The molecule has 1 aromatic heterocycles. The number of benzene rings is 2. The summed E-state index contributed by atoms with van der Waals surface area (Å²) < 4.78 is 7.29. The number of carboxylic acids is 1. The molecule has 0 bridgehead atoms. The first-order chi connectivity index (χ1) is 16.9. The molecule has 1 heterocycles. The maximum Gasteiger partial charge on any atom is 0.413 e. The standard InChI is InChI=1S/C27H32N4O4/c1-18(21-6-4-3-5-7-21)35-27(34)30-26-25(29-17-31(26)2)22-12-10-20(11-13-22)16-28-23(15-24(32)33)14-19-8-9-19/h3-7,10-13,17-19,23,28H,8-9,14-16H2,1-2H3,(H,30,34)(H,32,33). The van der Waals surface area contributed by atoms with Crippen LogP contribution in [0.2, 0.25) is 0 Å². The van der Waals surface area contributed by atoms with Gasteiger partial charge in [-0.15, -0.1) is 0 Å². The average Bonchev–Trinajstić information content (AvgIpc) is 3.59. The molecule has 1 aliphatic carbocycles. The molecule has 184 valence electrons. The zero-order valence-electron chi connectivity index (χ0n) is 20.1. The van der Waals surface area contributed by atoms with E-state index in [0.717, 1.165) is 23.1 Å². The number of carboxylic acid groups (broad SMARTS) is 1. The molecule has 1 saturated carbocycles. The second kappa shape index (κ2) is 11.2. The predicted octanol–water partition coefficient (Wildman–Crippen LogP) is 5.13. The summed E-state index contributed by atoms with van der Waals surface area (Å²) in [7, 11) is 1.81. The van der Waals surface area contributed by atoms with Gasteiger partial charge in [-0.05, 0) is 30.4 Å². The Morgan fingerprint density at radius 2 is 1.86 bits per heavy atom. The third kappa shape index (κ3) is 6.93. The SMILES string of the molecule is CC(OC(=O)Nc1c(-c2ccc(CNC(CC(=O)O)CC3CC3)cc2)ncn1C)c1ccccc1. The normalized spacial score (nSPS) is 14.8. The van der Waals surface area contributed by atoms with Gasteiger partial charge in [0, 0.05) is 25.2 Å². The fourth-order valence-electron chi connectivity index (χ4n) is 4.12. The van der Waals surface area contributed by atoms with Crippen LogP contribution in [0.15, 0.2) is 60.9 Å². The van der Waals surface area contributed by atoms with E-state index in [2.05, 4.69) is 15.6 Å². The van der Waals surface area contributed by atoms with Gasteiger partial charge < -0.3 is 19.7 Å². The monoisotopic (exact) mass is 476 g/mol. The Hall–Kier alpha value is -3.65. The molecule has 1 aliphatic rings. The van der Waals surface area contributed by atoms with Gasteiger partial charge in [-0.2, -0.15) is 0 Å². The summed E-state index contributed by atoms with van der Waals surface area (Å²) in [4.78, 5) is 28.2. The van der Waals surface area contributed by atoms with Crippen LogP contribution in [0, 0.1) is 5.92 Å². The van der Waals surface area contributed by atoms with E-state index in [0.29, 0.717) is 24.0 Å². The lowest BCUT2D eigenvalue weighted by Gasteiger charge is -2.17. The van der Waals surface area contributed by atoms with E-state index in [1.807, 2.05) is 68.6 Å². The van der Waals surface area contributed by atoms with Crippen LogP contribution < -0.4 is 10.6 Å². The molecule has 3 N–H and O–H groups in total. The van der Waals surface area contributed by atoms with Crippen LogP contribution in [0.5, 0.6) is 0 Å². The minimum Gasteiger partial charge on any atom is -0.481 e. The smallest absolute Gasteiger partial charge is 0.413 e. The van der Waals surface area contributed by atoms with Crippen molar-refractivity contribution in [2.45, 2.75) is 51.3 Å². The maximum absolute atomic E-state index is 12.6. The summed E-state index contributed by atoms with van der Waals surface area (Å²) >= 11 is 0. The van der Waals surface area contributed by atoms with Gasteiger partial charge >= 0.3 is 12.1 Å². The lowest BCUT2D eigenvalue weighted by atomic mass is 10.1. The molecule has 8 heteroatoms.